The standard InChI is InChI=1S/C20H16N2/c1-2-5-13-17(12-4-1)20-19(16-10-6-3-7-11-16)21-18-14-8-9-15-22(18)20/h1-15,17H. The van der Waals surface area contributed by atoms with Crippen LogP contribution >= 0.6 is 0 Å². The highest BCUT2D eigenvalue weighted by Gasteiger charge is 2.19. The first kappa shape index (κ1) is 12.8. The van der Waals surface area contributed by atoms with Gasteiger partial charge in [0.25, 0.3) is 0 Å². The molecule has 0 bridgehead atoms. The first-order chi connectivity index (χ1) is 10.9. The fourth-order valence-electron chi connectivity index (χ4n) is 2.88. The number of nitrogens with zero attached hydrogens (tertiary/aromatic N) is 2. The van der Waals surface area contributed by atoms with Crippen molar-refractivity contribution in [1.29, 1.82) is 0 Å². The molecule has 2 nitrogen and oxygen atoms in total. The first-order valence-corrected chi connectivity index (χ1v) is 7.47. The van der Waals surface area contributed by atoms with Crippen molar-refractivity contribution in [3.63, 3.8) is 0 Å². The van der Waals surface area contributed by atoms with Crippen LogP contribution in [-0.2, 0) is 0 Å². The molecule has 1 aliphatic rings. The number of allylic oxidation sites excluding steroid dienone is 6. The average Bonchev–Trinajstić information content (AvgIpc) is 2.76. The average molecular weight is 284 g/mol. The summed E-state index contributed by atoms with van der Waals surface area (Å²) in [5.74, 6) is 0.211. The molecule has 0 unspecified atom stereocenters. The summed E-state index contributed by atoms with van der Waals surface area (Å²) < 4.78 is 2.19. The van der Waals surface area contributed by atoms with Crippen LogP contribution in [-0.4, -0.2) is 9.38 Å². The van der Waals surface area contributed by atoms with E-state index in [0.29, 0.717) is 0 Å². The molecule has 0 atom stereocenters. The molecule has 4 rings (SSSR count). The van der Waals surface area contributed by atoms with Gasteiger partial charge < -0.3 is 4.40 Å². The van der Waals surface area contributed by atoms with Gasteiger partial charge in [0.15, 0.2) is 0 Å². The summed E-state index contributed by atoms with van der Waals surface area (Å²) in [6.45, 7) is 0. The third-order valence-corrected chi connectivity index (χ3v) is 3.90. The Morgan fingerprint density at radius 1 is 0.773 bits per heavy atom. The molecule has 0 aliphatic heterocycles. The van der Waals surface area contributed by atoms with Gasteiger partial charge in [0.2, 0.25) is 0 Å². The number of benzene rings is 1. The Hall–Kier alpha value is -2.87. The summed E-state index contributed by atoms with van der Waals surface area (Å²) in [5.41, 5.74) is 4.39. The minimum Gasteiger partial charge on any atom is -0.302 e. The molecule has 106 valence electrons. The van der Waals surface area contributed by atoms with Crippen molar-refractivity contribution in [1.82, 2.24) is 9.38 Å². The van der Waals surface area contributed by atoms with Crippen LogP contribution in [0.4, 0.5) is 0 Å². The largest absolute Gasteiger partial charge is 0.302 e. The Bertz CT molecular complexity index is 866. The lowest BCUT2D eigenvalue weighted by Crippen LogP contribution is -1.99. The molecule has 0 radical (unpaired) electrons. The lowest BCUT2D eigenvalue weighted by atomic mass is 9.99. The molecule has 3 aromatic rings. The minimum atomic E-state index is 0.211. The summed E-state index contributed by atoms with van der Waals surface area (Å²) in [6, 6.07) is 16.5. The van der Waals surface area contributed by atoms with Crippen molar-refractivity contribution < 1.29 is 0 Å². The van der Waals surface area contributed by atoms with Crippen LogP contribution in [0.15, 0.2) is 91.2 Å². The van der Waals surface area contributed by atoms with Gasteiger partial charge in [-0.1, -0.05) is 72.9 Å². The second-order valence-corrected chi connectivity index (χ2v) is 5.32. The summed E-state index contributed by atoms with van der Waals surface area (Å²) in [4.78, 5) is 4.86. The highest BCUT2D eigenvalue weighted by molar-refractivity contribution is 5.68. The highest BCUT2D eigenvalue weighted by Crippen LogP contribution is 2.32. The fourth-order valence-corrected chi connectivity index (χ4v) is 2.88. The SMILES string of the molecule is C1=CC=CC(c2c(-c3ccccc3)nc3ccccn23)C=C1. The van der Waals surface area contributed by atoms with Crippen molar-refractivity contribution in [2.45, 2.75) is 5.92 Å². The van der Waals surface area contributed by atoms with Crippen molar-refractivity contribution in [3.8, 4) is 11.3 Å². The number of imidazole rings is 1. The van der Waals surface area contributed by atoms with Gasteiger partial charge in [-0.3, -0.25) is 0 Å². The van der Waals surface area contributed by atoms with Crippen LogP contribution in [0.3, 0.4) is 0 Å². The molecule has 2 aromatic heterocycles. The van der Waals surface area contributed by atoms with E-state index in [2.05, 4.69) is 83.5 Å². The number of rotatable bonds is 2. The molecule has 1 aliphatic carbocycles. The lowest BCUT2D eigenvalue weighted by Gasteiger charge is -2.10. The van der Waals surface area contributed by atoms with Gasteiger partial charge in [-0.15, -0.1) is 0 Å². The lowest BCUT2D eigenvalue weighted by molar-refractivity contribution is 0.963. The molecule has 0 spiro atoms. The van der Waals surface area contributed by atoms with E-state index in [9.17, 15) is 0 Å². The van der Waals surface area contributed by atoms with Gasteiger partial charge in [-0.05, 0) is 12.1 Å². The molecular formula is C20H16N2. The molecule has 2 heteroatoms. The Labute approximate surface area is 129 Å². The van der Waals surface area contributed by atoms with E-state index in [1.54, 1.807) is 0 Å². The van der Waals surface area contributed by atoms with Crippen LogP contribution in [0.1, 0.15) is 11.6 Å². The van der Waals surface area contributed by atoms with Crippen molar-refractivity contribution in [2.75, 3.05) is 0 Å². The Kier molecular flexibility index (Phi) is 3.20. The number of hydrogen-bond donors (Lipinski definition) is 0. The Morgan fingerprint density at radius 3 is 2.27 bits per heavy atom. The maximum Gasteiger partial charge on any atom is 0.137 e. The van der Waals surface area contributed by atoms with E-state index in [-0.39, 0.29) is 5.92 Å². The third-order valence-electron chi connectivity index (χ3n) is 3.90. The van der Waals surface area contributed by atoms with E-state index >= 15 is 0 Å². The quantitative estimate of drug-likeness (QED) is 0.662. The zero-order valence-corrected chi connectivity index (χ0v) is 12.1. The first-order valence-electron chi connectivity index (χ1n) is 7.47. The molecule has 0 amide bonds. The number of fused-ring (bicyclic) bond motifs is 1. The van der Waals surface area contributed by atoms with Crippen LogP contribution in [0.25, 0.3) is 16.9 Å². The van der Waals surface area contributed by atoms with Crippen LogP contribution in [0, 0.1) is 0 Å². The van der Waals surface area contributed by atoms with E-state index in [1.807, 2.05) is 12.1 Å². The second kappa shape index (κ2) is 5.49. The third kappa shape index (κ3) is 2.19. The van der Waals surface area contributed by atoms with Crippen molar-refractivity contribution in [2.24, 2.45) is 0 Å². The van der Waals surface area contributed by atoms with E-state index in [0.717, 1.165) is 16.9 Å². The zero-order chi connectivity index (χ0) is 14.8. The topological polar surface area (TPSA) is 17.3 Å². The Morgan fingerprint density at radius 2 is 1.50 bits per heavy atom. The van der Waals surface area contributed by atoms with Gasteiger partial charge >= 0.3 is 0 Å². The van der Waals surface area contributed by atoms with Crippen LogP contribution in [0.2, 0.25) is 0 Å². The summed E-state index contributed by atoms with van der Waals surface area (Å²) in [6.07, 6.45) is 14.8. The molecule has 0 N–H and O–H groups in total. The monoisotopic (exact) mass is 284 g/mol. The predicted octanol–water partition coefficient (Wildman–Crippen LogP) is 4.77. The second-order valence-electron chi connectivity index (χ2n) is 5.32. The molecule has 22 heavy (non-hydrogen) atoms. The van der Waals surface area contributed by atoms with Gasteiger partial charge in [0.05, 0.1) is 11.4 Å². The molecule has 0 saturated heterocycles. The maximum absolute atomic E-state index is 4.86. The van der Waals surface area contributed by atoms with E-state index in [4.69, 9.17) is 4.98 Å². The maximum atomic E-state index is 4.86. The minimum absolute atomic E-state index is 0.211. The summed E-state index contributed by atoms with van der Waals surface area (Å²) >= 11 is 0. The summed E-state index contributed by atoms with van der Waals surface area (Å²) in [7, 11) is 0. The summed E-state index contributed by atoms with van der Waals surface area (Å²) in [5, 5.41) is 0. The molecule has 0 saturated carbocycles. The normalized spacial score (nSPS) is 14.5. The van der Waals surface area contributed by atoms with Crippen LogP contribution < -0.4 is 0 Å². The van der Waals surface area contributed by atoms with Crippen LogP contribution in [0.5, 0.6) is 0 Å². The Balaban J connectivity index is 1.98. The molecule has 2 heterocycles. The smallest absolute Gasteiger partial charge is 0.137 e. The van der Waals surface area contributed by atoms with Gasteiger partial charge in [0.1, 0.15) is 5.65 Å². The van der Waals surface area contributed by atoms with Gasteiger partial charge in [-0.25, -0.2) is 4.98 Å². The number of pyridine rings is 1. The van der Waals surface area contributed by atoms with E-state index < -0.39 is 0 Å². The molecule has 0 fully saturated rings. The highest BCUT2D eigenvalue weighted by atomic mass is 15.0. The van der Waals surface area contributed by atoms with Gasteiger partial charge in [0, 0.05) is 17.7 Å². The number of hydrogen-bond acceptors (Lipinski definition) is 1. The van der Waals surface area contributed by atoms with Crippen molar-refractivity contribution in [3.05, 3.63) is 96.9 Å². The number of aromatic nitrogens is 2. The van der Waals surface area contributed by atoms with E-state index in [1.165, 1.54) is 5.69 Å². The molecular weight excluding hydrogens is 268 g/mol. The predicted molar refractivity (Wildman–Crippen MR) is 90.8 cm³/mol. The molecule has 1 aromatic carbocycles. The van der Waals surface area contributed by atoms with Gasteiger partial charge in [-0.2, -0.15) is 0 Å². The zero-order valence-electron chi connectivity index (χ0n) is 12.1. The van der Waals surface area contributed by atoms with Crippen molar-refractivity contribution >= 4 is 5.65 Å². The fraction of sp³-hybridized carbons (Fsp3) is 0.0500.